The Hall–Kier alpha value is -2.37. The van der Waals surface area contributed by atoms with Crippen molar-refractivity contribution in [2.45, 2.75) is 12.8 Å². The van der Waals surface area contributed by atoms with Gasteiger partial charge in [0, 0.05) is 5.56 Å². The highest BCUT2D eigenvalue weighted by molar-refractivity contribution is 5.55. The van der Waals surface area contributed by atoms with Crippen LogP contribution >= 0.6 is 0 Å². The Morgan fingerprint density at radius 3 is 2.38 bits per heavy atom. The molecule has 3 nitrogen and oxygen atoms in total. The summed E-state index contributed by atoms with van der Waals surface area (Å²) in [5.74, 6) is 0.844. The number of ether oxygens (including phenoxy) is 2. The van der Waals surface area contributed by atoms with Crippen LogP contribution in [-0.2, 0) is 12.8 Å². The number of para-hydroxylation sites is 1. The van der Waals surface area contributed by atoms with E-state index in [1.165, 1.54) is 13.2 Å². The normalized spacial score (nSPS) is 11.2. The zero-order valence-corrected chi connectivity index (χ0v) is 11.3. The molecular weight excluding hydrogens is 283 g/mol. The van der Waals surface area contributed by atoms with Crippen molar-refractivity contribution >= 4 is 5.69 Å². The molecule has 0 saturated carbocycles. The summed E-state index contributed by atoms with van der Waals surface area (Å²) in [4.78, 5) is 0. The fourth-order valence-electron chi connectivity index (χ4n) is 1.83. The summed E-state index contributed by atoms with van der Waals surface area (Å²) in [6, 6.07) is 10.2. The summed E-state index contributed by atoms with van der Waals surface area (Å²) >= 11 is 0. The van der Waals surface area contributed by atoms with E-state index < -0.39 is 11.7 Å². The quantitative estimate of drug-likeness (QED) is 0.871. The third-order valence-corrected chi connectivity index (χ3v) is 2.91. The smallest absolute Gasteiger partial charge is 0.416 e. The predicted molar refractivity (Wildman–Crippen MR) is 73.2 cm³/mol. The van der Waals surface area contributed by atoms with Crippen LogP contribution in [0.4, 0.5) is 18.9 Å². The number of hydrogen-bond acceptors (Lipinski definition) is 3. The molecule has 0 bridgehead atoms. The second kappa shape index (κ2) is 5.95. The first-order chi connectivity index (χ1) is 9.91. The van der Waals surface area contributed by atoms with E-state index in [-0.39, 0.29) is 18.0 Å². The fraction of sp³-hybridized carbons (Fsp3) is 0.200. The monoisotopic (exact) mass is 297 g/mol. The maximum atomic E-state index is 12.5. The highest BCUT2D eigenvalue weighted by Crippen LogP contribution is 2.34. The molecule has 0 unspecified atom stereocenters. The van der Waals surface area contributed by atoms with Crippen molar-refractivity contribution in [2.24, 2.45) is 0 Å². The lowest BCUT2D eigenvalue weighted by molar-refractivity contribution is -0.137. The maximum Gasteiger partial charge on any atom is 0.416 e. The molecule has 2 aromatic rings. The van der Waals surface area contributed by atoms with Crippen LogP contribution in [0.25, 0.3) is 0 Å². The molecule has 0 saturated heterocycles. The van der Waals surface area contributed by atoms with Gasteiger partial charge in [0.1, 0.15) is 18.1 Å². The van der Waals surface area contributed by atoms with Gasteiger partial charge < -0.3 is 15.2 Å². The summed E-state index contributed by atoms with van der Waals surface area (Å²) in [5, 5.41) is 0. The van der Waals surface area contributed by atoms with E-state index >= 15 is 0 Å². The van der Waals surface area contributed by atoms with Crippen molar-refractivity contribution in [3.8, 4) is 11.5 Å². The molecule has 0 spiro atoms. The summed E-state index contributed by atoms with van der Waals surface area (Å²) in [6.07, 6.45) is -4.42. The first kappa shape index (κ1) is 15.0. The Morgan fingerprint density at radius 1 is 1.05 bits per heavy atom. The number of benzene rings is 2. The van der Waals surface area contributed by atoms with Crippen molar-refractivity contribution in [1.82, 2.24) is 0 Å². The molecule has 0 aromatic heterocycles. The molecule has 112 valence electrons. The summed E-state index contributed by atoms with van der Waals surface area (Å²) in [5.41, 5.74) is 5.52. The number of hydrogen-bond donors (Lipinski definition) is 1. The number of nitrogens with two attached hydrogens (primary N) is 1. The van der Waals surface area contributed by atoms with Gasteiger partial charge in [-0.25, -0.2) is 0 Å². The molecular formula is C15H14F3NO2. The minimum absolute atomic E-state index is 0.0558. The van der Waals surface area contributed by atoms with Crippen LogP contribution in [0.1, 0.15) is 11.1 Å². The maximum absolute atomic E-state index is 12.5. The van der Waals surface area contributed by atoms with E-state index in [0.717, 1.165) is 17.7 Å². The van der Waals surface area contributed by atoms with Crippen molar-refractivity contribution in [1.29, 1.82) is 0 Å². The minimum Gasteiger partial charge on any atom is -0.496 e. The van der Waals surface area contributed by atoms with Crippen LogP contribution in [-0.4, -0.2) is 7.11 Å². The van der Waals surface area contributed by atoms with E-state index in [1.54, 1.807) is 12.1 Å². The van der Waals surface area contributed by atoms with Gasteiger partial charge in [-0.3, -0.25) is 0 Å². The fourth-order valence-corrected chi connectivity index (χ4v) is 1.83. The average Bonchev–Trinajstić information content (AvgIpc) is 2.45. The molecule has 21 heavy (non-hydrogen) atoms. The van der Waals surface area contributed by atoms with Gasteiger partial charge in [0.2, 0.25) is 0 Å². The molecule has 0 amide bonds. The van der Waals surface area contributed by atoms with Gasteiger partial charge in [-0.15, -0.1) is 0 Å². The van der Waals surface area contributed by atoms with Gasteiger partial charge in [0.05, 0.1) is 18.4 Å². The summed E-state index contributed by atoms with van der Waals surface area (Å²) in [6.45, 7) is 0.152. The lowest BCUT2D eigenvalue weighted by Crippen LogP contribution is -2.07. The van der Waals surface area contributed by atoms with Gasteiger partial charge in [0.25, 0.3) is 0 Å². The number of rotatable bonds is 4. The van der Waals surface area contributed by atoms with Crippen LogP contribution in [0.5, 0.6) is 11.5 Å². The number of anilines is 1. The van der Waals surface area contributed by atoms with Crippen molar-refractivity contribution in [3.63, 3.8) is 0 Å². The standard InChI is InChI=1S/C15H14F3NO2/c1-20-13-5-3-2-4-10(13)9-21-14-7-6-11(8-12(14)19)15(16,17)18/h2-8H,9,19H2,1H3. The van der Waals surface area contributed by atoms with E-state index in [9.17, 15) is 13.2 Å². The molecule has 0 atom stereocenters. The Balaban J connectivity index is 2.14. The van der Waals surface area contributed by atoms with Crippen LogP contribution in [0.2, 0.25) is 0 Å². The zero-order chi connectivity index (χ0) is 15.5. The van der Waals surface area contributed by atoms with Crippen LogP contribution < -0.4 is 15.2 Å². The molecule has 0 fully saturated rings. The average molecular weight is 297 g/mol. The number of nitrogen functional groups attached to an aromatic ring is 1. The SMILES string of the molecule is COc1ccccc1COc1ccc(C(F)(F)F)cc1N. The second-order valence-corrected chi connectivity index (χ2v) is 4.35. The molecule has 0 heterocycles. The molecule has 6 heteroatoms. The molecule has 0 aliphatic carbocycles. The van der Waals surface area contributed by atoms with Crippen LogP contribution in [0, 0.1) is 0 Å². The largest absolute Gasteiger partial charge is 0.496 e. The number of alkyl halides is 3. The van der Waals surface area contributed by atoms with Gasteiger partial charge >= 0.3 is 6.18 Å². The Bertz CT molecular complexity index is 627. The number of halogens is 3. The van der Waals surface area contributed by atoms with Crippen molar-refractivity contribution < 1.29 is 22.6 Å². The Kier molecular flexibility index (Phi) is 4.26. The Morgan fingerprint density at radius 2 is 1.76 bits per heavy atom. The lowest BCUT2D eigenvalue weighted by atomic mass is 10.2. The van der Waals surface area contributed by atoms with Crippen LogP contribution in [0.15, 0.2) is 42.5 Å². The van der Waals surface area contributed by atoms with Crippen molar-refractivity contribution in [2.75, 3.05) is 12.8 Å². The zero-order valence-electron chi connectivity index (χ0n) is 11.3. The molecule has 2 N–H and O–H groups in total. The molecule has 0 aliphatic heterocycles. The highest BCUT2D eigenvalue weighted by atomic mass is 19.4. The second-order valence-electron chi connectivity index (χ2n) is 4.35. The number of methoxy groups -OCH3 is 1. The van der Waals surface area contributed by atoms with Gasteiger partial charge in [0.15, 0.2) is 0 Å². The molecule has 2 rings (SSSR count). The highest BCUT2D eigenvalue weighted by Gasteiger charge is 2.30. The molecule has 0 radical (unpaired) electrons. The van der Waals surface area contributed by atoms with E-state index in [4.69, 9.17) is 15.2 Å². The summed E-state index contributed by atoms with van der Waals surface area (Å²) < 4.78 is 48.2. The van der Waals surface area contributed by atoms with Crippen molar-refractivity contribution in [3.05, 3.63) is 53.6 Å². The van der Waals surface area contributed by atoms with Gasteiger partial charge in [-0.1, -0.05) is 18.2 Å². The van der Waals surface area contributed by atoms with Gasteiger partial charge in [-0.2, -0.15) is 13.2 Å². The van der Waals surface area contributed by atoms with E-state index in [0.29, 0.717) is 5.75 Å². The minimum atomic E-state index is -4.42. The predicted octanol–water partition coefficient (Wildman–Crippen LogP) is 3.88. The molecule has 2 aromatic carbocycles. The van der Waals surface area contributed by atoms with E-state index in [1.807, 2.05) is 12.1 Å². The lowest BCUT2D eigenvalue weighted by Gasteiger charge is -2.13. The van der Waals surface area contributed by atoms with Gasteiger partial charge in [-0.05, 0) is 24.3 Å². The molecule has 0 aliphatic rings. The Labute approximate surface area is 120 Å². The third-order valence-electron chi connectivity index (χ3n) is 2.91. The third kappa shape index (κ3) is 3.59. The topological polar surface area (TPSA) is 44.5 Å². The first-order valence-electron chi connectivity index (χ1n) is 6.13. The van der Waals surface area contributed by atoms with E-state index in [2.05, 4.69) is 0 Å². The van der Waals surface area contributed by atoms with Crippen LogP contribution in [0.3, 0.4) is 0 Å². The summed E-state index contributed by atoms with van der Waals surface area (Å²) in [7, 11) is 1.53. The first-order valence-corrected chi connectivity index (χ1v) is 6.13.